The molecule has 0 amide bonds. The summed E-state index contributed by atoms with van der Waals surface area (Å²) in [6.07, 6.45) is 4.66. The van der Waals surface area contributed by atoms with Crippen molar-refractivity contribution in [1.29, 1.82) is 0 Å². The molecule has 2 N–H and O–H groups in total. The molecule has 1 heterocycles. The summed E-state index contributed by atoms with van der Waals surface area (Å²) in [5.74, 6) is 0.564. The maximum Gasteiger partial charge on any atom is 0.141 e. The van der Waals surface area contributed by atoms with Crippen molar-refractivity contribution in [3.63, 3.8) is 0 Å². The smallest absolute Gasteiger partial charge is 0.141 e. The van der Waals surface area contributed by atoms with E-state index in [0.29, 0.717) is 12.2 Å². The molecule has 2 atom stereocenters. The Hall–Kier alpha value is -0.190. The molecule has 1 aromatic rings. The highest BCUT2D eigenvalue weighted by atomic mass is 79.9. The Kier molecular flexibility index (Phi) is 4.16. The molecule has 0 radical (unpaired) electrons. The summed E-state index contributed by atoms with van der Waals surface area (Å²) >= 11 is 5.06. The standard InChI is InChI=1S/C12H16BrNOS/c13-12-5-4-10(16-12)7-11(15)8-2-1-3-9(14)6-8/h4-5,8-9H,1-3,6-7,14H2. The van der Waals surface area contributed by atoms with Crippen LogP contribution in [0.1, 0.15) is 30.6 Å². The number of ketones is 1. The van der Waals surface area contributed by atoms with Crippen molar-refractivity contribution in [2.75, 3.05) is 0 Å². The molecule has 0 aromatic carbocycles. The zero-order valence-corrected chi connectivity index (χ0v) is 11.5. The van der Waals surface area contributed by atoms with Crippen molar-refractivity contribution >= 4 is 33.0 Å². The molecule has 2 rings (SSSR count). The number of nitrogens with two attached hydrogens (primary N) is 1. The van der Waals surface area contributed by atoms with Gasteiger partial charge in [0.25, 0.3) is 0 Å². The van der Waals surface area contributed by atoms with Crippen LogP contribution in [0.25, 0.3) is 0 Å². The molecule has 1 aliphatic rings. The highest BCUT2D eigenvalue weighted by molar-refractivity contribution is 9.11. The molecule has 88 valence electrons. The largest absolute Gasteiger partial charge is 0.328 e. The van der Waals surface area contributed by atoms with E-state index in [-0.39, 0.29) is 12.0 Å². The molecule has 0 spiro atoms. The first-order chi connectivity index (χ1) is 7.65. The van der Waals surface area contributed by atoms with Gasteiger partial charge < -0.3 is 5.73 Å². The van der Waals surface area contributed by atoms with Crippen LogP contribution in [-0.2, 0) is 11.2 Å². The summed E-state index contributed by atoms with van der Waals surface area (Å²) in [7, 11) is 0. The van der Waals surface area contributed by atoms with E-state index in [0.717, 1.165) is 34.3 Å². The molecular formula is C12H16BrNOS. The first-order valence-electron chi connectivity index (χ1n) is 5.67. The van der Waals surface area contributed by atoms with Gasteiger partial charge in [0.1, 0.15) is 5.78 Å². The van der Waals surface area contributed by atoms with Crippen molar-refractivity contribution < 1.29 is 4.79 Å². The van der Waals surface area contributed by atoms with Gasteiger partial charge in [0.2, 0.25) is 0 Å². The fraction of sp³-hybridized carbons (Fsp3) is 0.583. The second kappa shape index (κ2) is 5.43. The summed E-state index contributed by atoms with van der Waals surface area (Å²) < 4.78 is 1.09. The van der Waals surface area contributed by atoms with Crippen LogP contribution in [-0.4, -0.2) is 11.8 Å². The minimum atomic E-state index is 0.199. The van der Waals surface area contributed by atoms with Crippen LogP contribution >= 0.6 is 27.3 Å². The summed E-state index contributed by atoms with van der Waals surface area (Å²) in [6, 6.07) is 4.26. The lowest BCUT2D eigenvalue weighted by Gasteiger charge is -2.25. The molecule has 0 aliphatic heterocycles. The van der Waals surface area contributed by atoms with E-state index in [1.807, 2.05) is 12.1 Å². The van der Waals surface area contributed by atoms with Crippen LogP contribution in [0.2, 0.25) is 0 Å². The highest BCUT2D eigenvalue weighted by Crippen LogP contribution is 2.27. The van der Waals surface area contributed by atoms with Crippen molar-refractivity contribution in [3.05, 3.63) is 20.8 Å². The molecule has 1 fully saturated rings. The van der Waals surface area contributed by atoms with Gasteiger partial charge in [-0.05, 0) is 47.3 Å². The molecular weight excluding hydrogens is 286 g/mol. The zero-order chi connectivity index (χ0) is 11.5. The molecule has 1 aromatic heterocycles. The zero-order valence-electron chi connectivity index (χ0n) is 9.12. The van der Waals surface area contributed by atoms with Gasteiger partial charge in [-0.25, -0.2) is 0 Å². The van der Waals surface area contributed by atoms with Gasteiger partial charge in [-0.3, -0.25) is 4.79 Å². The Morgan fingerprint density at radius 2 is 2.31 bits per heavy atom. The first-order valence-corrected chi connectivity index (χ1v) is 7.28. The quantitative estimate of drug-likeness (QED) is 0.932. The third-order valence-electron chi connectivity index (χ3n) is 3.15. The number of carbonyl (C=O) groups excluding carboxylic acids is 1. The Balaban J connectivity index is 1.92. The number of carbonyl (C=O) groups is 1. The second-order valence-electron chi connectivity index (χ2n) is 4.47. The number of hydrogen-bond acceptors (Lipinski definition) is 3. The van der Waals surface area contributed by atoms with Crippen LogP contribution in [0.5, 0.6) is 0 Å². The SMILES string of the molecule is NC1CCCC(C(=O)Cc2ccc(Br)s2)C1. The van der Waals surface area contributed by atoms with E-state index in [2.05, 4.69) is 15.9 Å². The summed E-state index contributed by atoms with van der Waals surface area (Å²) in [6.45, 7) is 0. The molecule has 4 heteroatoms. The number of halogens is 1. The van der Waals surface area contributed by atoms with Crippen LogP contribution < -0.4 is 5.73 Å². The fourth-order valence-corrected chi connectivity index (χ4v) is 3.78. The first kappa shape index (κ1) is 12.3. The van der Waals surface area contributed by atoms with Gasteiger partial charge in [-0.2, -0.15) is 0 Å². The fourth-order valence-electron chi connectivity index (χ4n) is 2.28. The number of thiophene rings is 1. The lowest BCUT2D eigenvalue weighted by atomic mass is 9.82. The van der Waals surface area contributed by atoms with Gasteiger partial charge in [0.05, 0.1) is 3.79 Å². The molecule has 1 saturated carbocycles. The van der Waals surface area contributed by atoms with Gasteiger partial charge in [0.15, 0.2) is 0 Å². The number of rotatable bonds is 3. The normalized spacial score (nSPS) is 25.6. The summed E-state index contributed by atoms with van der Waals surface area (Å²) in [5, 5.41) is 0. The number of Topliss-reactive ketones (excluding diaryl/α,β-unsaturated/α-hetero) is 1. The van der Waals surface area contributed by atoms with E-state index in [9.17, 15) is 4.79 Å². The van der Waals surface area contributed by atoms with Crippen LogP contribution in [0.15, 0.2) is 15.9 Å². The molecule has 0 saturated heterocycles. The number of hydrogen-bond donors (Lipinski definition) is 1. The van der Waals surface area contributed by atoms with E-state index in [1.165, 1.54) is 0 Å². The van der Waals surface area contributed by atoms with E-state index in [4.69, 9.17) is 5.73 Å². The topological polar surface area (TPSA) is 43.1 Å². The second-order valence-corrected chi connectivity index (χ2v) is 7.02. The third-order valence-corrected chi connectivity index (χ3v) is 4.77. The van der Waals surface area contributed by atoms with Crippen LogP contribution in [0, 0.1) is 5.92 Å². The minimum Gasteiger partial charge on any atom is -0.328 e. The van der Waals surface area contributed by atoms with Crippen LogP contribution in [0.4, 0.5) is 0 Å². The van der Waals surface area contributed by atoms with Crippen molar-refractivity contribution in [2.24, 2.45) is 11.7 Å². The van der Waals surface area contributed by atoms with Gasteiger partial charge in [-0.15, -0.1) is 11.3 Å². The Morgan fingerprint density at radius 1 is 1.50 bits per heavy atom. The van der Waals surface area contributed by atoms with E-state index in [1.54, 1.807) is 11.3 Å². The lowest BCUT2D eigenvalue weighted by molar-refractivity contribution is -0.123. The van der Waals surface area contributed by atoms with Crippen molar-refractivity contribution in [3.8, 4) is 0 Å². The van der Waals surface area contributed by atoms with E-state index < -0.39 is 0 Å². The maximum absolute atomic E-state index is 12.1. The monoisotopic (exact) mass is 301 g/mol. The molecule has 2 unspecified atom stereocenters. The Morgan fingerprint density at radius 3 is 2.94 bits per heavy atom. The van der Waals surface area contributed by atoms with E-state index >= 15 is 0 Å². The average molecular weight is 302 g/mol. The molecule has 16 heavy (non-hydrogen) atoms. The van der Waals surface area contributed by atoms with Gasteiger partial charge >= 0.3 is 0 Å². The molecule has 2 nitrogen and oxygen atoms in total. The average Bonchev–Trinajstić information content (AvgIpc) is 2.64. The van der Waals surface area contributed by atoms with Gasteiger partial charge in [-0.1, -0.05) is 6.42 Å². The molecule has 0 bridgehead atoms. The highest BCUT2D eigenvalue weighted by Gasteiger charge is 2.25. The third kappa shape index (κ3) is 3.15. The lowest BCUT2D eigenvalue weighted by Crippen LogP contribution is -2.32. The maximum atomic E-state index is 12.1. The summed E-state index contributed by atoms with van der Waals surface area (Å²) in [5.41, 5.74) is 5.90. The van der Waals surface area contributed by atoms with Crippen molar-refractivity contribution in [1.82, 2.24) is 0 Å². The predicted molar refractivity (Wildman–Crippen MR) is 70.7 cm³/mol. The van der Waals surface area contributed by atoms with Gasteiger partial charge in [0, 0.05) is 23.3 Å². The molecule has 1 aliphatic carbocycles. The minimum absolute atomic E-state index is 0.199. The Labute approximate surface area is 108 Å². The summed E-state index contributed by atoms with van der Waals surface area (Å²) in [4.78, 5) is 13.2. The van der Waals surface area contributed by atoms with Crippen LogP contribution in [0.3, 0.4) is 0 Å². The predicted octanol–water partition coefficient (Wildman–Crippen LogP) is 3.14. The van der Waals surface area contributed by atoms with Crippen molar-refractivity contribution in [2.45, 2.75) is 38.1 Å². The Bertz CT molecular complexity index is 377.